The highest BCUT2D eigenvalue weighted by Gasteiger charge is 2.24. The van der Waals surface area contributed by atoms with Gasteiger partial charge in [-0.05, 0) is 18.2 Å². The molecule has 30 heavy (non-hydrogen) atoms. The summed E-state index contributed by atoms with van der Waals surface area (Å²) in [6.07, 6.45) is 3.84. The lowest BCUT2D eigenvalue weighted by Crippen LogP contribution is -2.37. The number of benzene rings is 1. The maximum absolute atomic E-state index is 12.9. The molecule has 0 radical (unpaired) electrons. The van der Waals surface area contributed by atoms with Gasteiger partial charge in [0.1, 0.15) is 17.1 Å². The molecule has 1 amide bonds. The molecule has 0 aliphatic carbocycles. The zero-order valence-corrected chi connectivity index (χ0v) is 18.6. The molecule has 162 valence electrons. The van der Waals surface area contributed by atoms with Crippen molar-refractivity contribution >= 4 is 15.7 Å². The first-order chi connectivity index (χ1) is 14.0. The van der Waals surface area contributed by atoms with Gasteiger partial charge < -0.3 is 14.8 Å². The van der Waals surface area contributed by atoms with Gasteiger partial charge in [-0.3, -0.25) is 4.79 Å². The van der Waals surface area contributed by atoms with Crippen molar-refractivity contribution in [3.63, 3.8) is 0 Å². The minimum absolute atomic E-state index is 0.0908. The van der Waals surface area contributed by atoms with Gasteiger partial charge in [0, 0.05) is 30.4 Å². The zero-order valence-electron chi connectivity index (χ0n) is 17.7. The molecular weight excluding hydrogens is 406 g/mol. The standard InChI is InChI=1S/C21H27N3O5S/c1-21(2,3)20-22-13-17(19(24-20)29-16-9-7-6-8-10-16)18(25)23-15(14-28-4)11-12-30(5,26)27/h6-13,15H,14H2,1-5H3,(H,23,25)/b12-11+. The van der Waals surface area contributed by atoms with E-state index in [1.165, 1.54) is 19.4 Å². The van der Waals surface area contributed by atoms with Crippen LogP contribution < -0.4 is 10.1 Å². The second-order valence-corrected chi connectivity index (χ2v) is 9.70. The summed E-state index contributed by atoms with van der Waals surface area (Å²) >= 11 is 0. The van der Waals surface area contributed by atoms with Gasteiger partial charge in [-0.15, -0.1) is 0 Å². The van der Waals surface area contributed by atoms with Gasteiger partial charge in [-0.1, -0.05) is 39.0 Å². The molecule has 1 N–H and O–H groups in total. The Kier molecular flexibility index (Phi) is 7.69. The number of ether oxygens (including phenoxy) is 2. The molecule has 1 heterocycles. The van der Waals surface area contributed by atoms with Crippen molar-refractivity contribution in [1.82, 2.24) is 15.3 Å². The van der Waals surface area contributed by atoms with Crippen molar-refractivity contribution in [2.75, 3.05) is 20.0 Å². The van der Waals surface area contributed by atoms with Crippen LogP contribution in [0.25, 0.3) is 0 Å². The van der Waals surface area contributed by atoms with E-state index in [-0.39, 0.29) is 23.5 Å². The van der Waals surface area contributed by atoms with E-state index in [9.17, 15) is 13.2 Å². The molecule has 1 atom stereocenters. The maximum Gasteiger partial charge on any atom is 0.258 e. The summed E-state index contributed by atoms with van der Waals surface area (Å²) in [7, 11) is -1.89. The summed E-state index contributed by atoms with van der Waals surface area (Å²) in [5.41, 5.74) is -0.221. The lowest BCUT2D eigenvalue weighted by Gasteiger charge is -2.19. The van der Waals surface area contributed by atoms with Crippen LogP contribution in [0.4, 0.5) is 0 Å². The molecule has 0 aliphatic rings. The van der Waals surface area contributed by atoms with Gasteiger partial charge in [0.2, 0.25) is 5.88 Å². The molecule has 0 fully saturated rings. The third-order valence-electron chi connectivity index (χ3n) is 3.85. The average molecular weight is 434 g/mol. The third-order valence-corrected chi connectivity index (χ3v) is 4.50. The predicted molar refractivity (Wildman–Crippen MR) is 114 cm³/mol. The number of hydrogen-bond acceptors (Lipinski definition) is 7. The number of aromatic nitrogens is 2. The van der Waals surface area contributed by atoms with Gasteiger partial charge in [0.25, 0.3) is 5.91 Å². The molecule has 0 aliphatic heterocycles. The van der Waals surface area contributed by atoms with E-state index in [0.717, 1.165) is 11.7 Å². The lowest BCUT2D eigenvalue weighted by atomic mass is 9.95. The Morgan fingerprint density at radius 2 is 1.90 bits per heavy atom. The normalized spacial score (nSPS) is 13.2. The van der Waals surface area contributed by atoms with Crippen LogP contribution in [0.15, 0.2) is 48.0 Å². The Bertz CT molecular complexity index is 999. The van der Waals surface area contributed by atoms with E-state index >= 15 is 0 Å². The Morgan fingerprint density at radius 3 is 2.47 bits per heavy atom. The van der Waals surface area contributed by atoms with Gasteiger partial charge in [0.15, 0.2) is 9.84 Å². The van der Waals surface area contributed by atoms with Crippen LogP contribution in [-0.2, 0) is 20.0 Å². The summed E-state index contributed by atoms with van der Waals surface area (Å²) in [4.78, 5) is 21.7. The van der Waals surface area contributed by atoms with E-state index < -0.39 is 21.8 Å². The van der Waals surface area contributed by atoms with Gasteiger partial charge in [-0.25, -0.2) is 13.4 Å². The first-order valence-electron chi connectivity index (χ1n) is 9.28. The minimum Gasteiger partial charge on any atom is -0.438 e. The maximum atomic E-state index is 12.9. The van der Waals surface area contributed by atoms with Crippen molar-refractivity contribution in [2.45, 2.75) is 32.2 Å². The summed E-state index contributed by atoms with van der Waals surface area (Å²) in [5, 5.41) is 3.74. The molecule has 1 unspecified atom stereocenters. The Hall–Kier alpha value is -2.78. The molecule has 1 aromatic heterocycles. The number of carbonyl (C=O) groups is 1. The fourth-order valence-electron chi connectivity index (χ4n) is 2.37. The number of sulfone groups is 1. The Morgan fingerprint density at radius 1 is 1.23 bits per heavy atom. The molecular formula is C21H27N3O5S. The number of rotatable bonds is 8. The number of methoxy groups -OCH3 is 1. The van der Waals surface area contributed by atoms with Crippen LogP contribution in [-0.4, -0.2) is 50.3 Å². The van der Waals surface area contributed by atoms with Crippen LogP contribution in [0.1, 0.15) is 37.0 Å². The lowest BCUT2D eigenvalue weighted by molar-refractivity contribution is 0.0912. The molecule has 9 heteroatoms. The summed E-state index contributed by atoms with van der Waals surface area (Å²) < 4.78 is 33.7. The molecule has 2 rings (SSSR count). The quantitative estimate of drug-likeness (QED) is 0.682. The highest BCUT2D eigenvalue weighted by atomic mass is 32.2. The Balaban J connectivity index is 2.37. The average Bonchev–Trinajstić information content (AvgIpc) is 2.65. The van der Waals surface area contributed by atoms with Crippen molar-refractivity contribution in [2.24, 2.45) is 0 Å². The molecule has 0 bridgehead atoms. The third kappa shape index (κ3) is 7.23. The molecule has 8 nitrogen and oxygen atoms in total. The van der Waals surface area contributed by atoms with E-state index in [4.69, 9.17) is 9.47 Å². The van der Waals surface area contributed by atoms with Crippen LogP contribution in [0, 0.1) is 0 Å². The second-order valence-electron chi connectivity index (χ2n) is 7.77. The van der Waals surface area contributed by atoms with Gasteiger partial charge in [0.05, 0.1) is 12.6 Å². The highest BCUT2D eigenvalue weighted by Crippen LogP contribution is 2.26. The molecule has 2 aromatic rings. The topological polar surface area (TPSA) is 107 Å². The number of para-hydroxylation sites is 1. The van der Waals surface area contributed by atoms with Crippen LogP contribution in [0.2, 0.25) is 0 Å². The van der Waals surface area contributed by atoms with E-state index in [1.54, 1.807) is 12.1 Å². The number of amides is 1. The van der Waals surface area contributed by atoms with Crippen molar-refractivity contribution in [1.29, 1.82) is 0 Å². The number of nitrogens with one attached hydrogen (secondary N) is 1. The van der Waals surface area contributed by atoms with Crippen molar-refractivity contribution in [3.05, 3.63) is 59.4 Å². The minimum atomic E-state index is -3.35. The van der Waals surface area contributed by atoms with E-state index in [2.05, 4.69) is 15.3 Å². The largest absolute Gasteiger partial charge is 0.438 e. The molecule has 0 saturated heterocycles. The monoisotopic (exact) mass is 433 g/mol. The first kappa shape index (κ1) is 23.5. The van der Waals surface area contributed by atoms with E-state index in [0.29, 0.717) is 11.6 Å². The SMILES string of the molecule is COCC(/C=C/S(C)(=O)=O)NC(=O)c1cnc(C(C)(C)C)nc1Oc1ccccc1. The fraction of sp³-hybridized carbons (Fsp3) is 0.381. The molecule has 0 saturated carbocycles. The van der Waals surface area contributed by atoms with Crippen LogP contribution >= 0.6 is 0 Å². The van der Waals surface area contributed by atoms with Crippen molar-refractivity contribution < 1.29 is 22.7 Å². The molecule has 1 aromatic carbocycles. The van der Waals surface area contributed by atoms with Crippen molar-refractivity contribution in [3.8, 4) is 11.6 Å². The van der Waals surface area contributed by atoms with E-state index in [1.807, 2.05) is 39.0 Å². The Labute approximate surface area is 177 Å². The summed E-state index contributed by atoms with van der Waals surface area (Å²) in [5.74, 6) is 0.648. The zero-order chi connectivity index (χ0) is 22.4. The van der Waals surface area contributed by atoms with Crippen LogP contribution in [0.3, 0.4) is 0 Å². The number of hydrogen-bond donors (Lipinski definition) is 1. The first-order valence-corrected chi connectivity index (χ1v) is 11.2. The van der Waals surface area contributed by atoms with Gasteiger partial charge >= 0.3 is 0 Å². The predicted octanol–water partition coefficient (Wildman–Crippen LogP) is 2.87. The highest BCUT2D eigenvalue weighted by molar-refractivity contribution is 7.93. The van der Waals surface area contributed by atoms with Gasteiger partial charge in [-0.2, -0.15) is 4.98 Å². The van der Waals surface area contributed by atoms with Crippen LogP contribution in [0.5, 0.6) is 11.6 Å². The summed E-state index contributed by atoms with van der Waals surface area (Å²) in [6, 6.07) is 8.32. The number of carbonyl (C=O) groups excluding carboxylic acids is 1. The molecule has 0 spiro atoms. The second kappa shape index (κ2) is 9.82. The summed E-state index contributed by atoms with van der Waals surface area (Å²) in [6.45, 7) is 5.96. The smallest absolute Gasteiger partial charge is 0.258 e. The number of nitrogens with zero attached hydrogens (tertiary/aromatic N) is 2. The fourth-order valence-corrected chi connectivity index (χ4v) is 2.84.